The SMILES string of the molecule is N#Cc1ccc(NC(=O)N[C@@H]2[C@@H]3Cc4c(F)ccc(F)c4[C@@H]32)nc1. The highest BCUT2D eigenvalue weighted by Crippen LogP contribution is 2.57. The van der Waals surface area contributed by atoms with Crippen molar-refractivity contribution in [2.45, 2.75) is 18.4 Å². The summed E-state index contributed by atoms with van der Waals surface area (Å²) in [6.07, 6.45) is 1.79. The van der Waals surface area contributed by atoms with E-state index < -0.39 is 11.8 Å². The van der Waals surface area contributed by atoms with E-state index in [0.29, 0.717) is 28.9 Å². The Balaban J connectivity index is 1.42. The fourth-order valence-electron chi connectivity index (χ4n) is 3.47. The summed E-state index contributed by atoms with van der Waals surface area (Å²) in [5.41, 5.74) is 1.21. The summed E-state index contributed by atoms with van der Waals surface area (Å²) in [5.74, 6) is -0.627. The van der Waals surface area contributed by atoms with Crippen LogP contribution in [0.25, 0.3) is 0 Å². The van der Waals surface area contributed by atoms with Crippen LogP contribution in [0.3, 0.4) is 0 Å². The number of nitriles is 1. The number of pyridine rings is 1. The van der Waals surface area contributed by atoms with Crippen molar-refractivity contribution >= 4 is 11.8 Å². The third-order valence-electron chi connectivity index (χ3n) is 4.62. The molecule has 4 rings (SSSR count). The number of rotatable bonds is 2. The number of hydrogen-bond acceptors (Lipinski definition) is 3. The van der Waals surface area contributed by atoms with Crippen LogP contribution >= 0.6 is 0 Å². The summed E-state index contributed by atoms with van der Waals surface area (Å²) < 4.78 is 27.7. The zero-order valence-electron chi connectivity index (χ0n) is 12.4. The van der Waals surface area contributed by atoms with Gasteiger partial charge in [-0.2, -0.15) is 5.26 Å². The maximum atomic E-state index is 13.9. The number of benzene rings is 1. The van der Waals surface area contributed by atoms with Crippen molar-refractivity contribution in [3.8, 4) is 6.07 Å². The van der Waals surface area contributed by atoms with Crippen LogP contribution in [0.15, 0.2) is 30.5 Å². The Bertz CT molecular complexity index is 875. The highest BCUT2D eigenvalue weighted by molar-refractivity contribution is 5.89. The van der Waals surface area contributed by atoms with E-state index in [-0.39, 0.29) is 23.7 Å². The van der Waals surface area contributed by atoms with E-state index in [1.807, 2.05) is 6.07 Å². The smallest absolute Gasteiger partial charge is 0.320 e. The number of carbonyl (C=O) groups excluding carboxylic acids is 1. The molecule has 1 saturated carbocycles. The summed E-state index contributed by atoms with van der Waals surface area (Å²) in [4.78, 5) is 16.0. The average Bonchev–Trinajstić information content (AvgIpc) is 3.05. The van der Waals surface area contributed by atoms with E-state index in [1.165, 1.54) is 12.3 Å². The van der Waals surface area contributed by atoms with Crippen LogP contribution in [0.2, 0.25) is 0 Å². The minimum atomic E-state index is -0.454. The number of nitrogens with one attached hydrogen (secondary N) is 2. The number of anilines is 1. The molecule has 1 aromatic carbocycles. The molecule has 0 saturated heterocycles. The van der Waals surface area contributed by atoms with Crippen molar-refractivity contribution < 1.29 is 13.6 Å². The van der Waals surface area contributed by atoms with Crippen molar-refractivity contribution in [1.29, 1.82) is 5.26 Å². The van der Waals surface area contributed by atoms with Gasteiger partial charge < -0.3 is 5.32 Å². The van der Waals surface area contributed by atoms with Gasteiger partial charge in [0.25, 0.3) is 0 Å². The Kier molecular flexibility index (Phi) is 3.20. The maximum Gasteiger partial charge on any atom is 0.320 e. The zero-order valence-corrected chi connectivity index (χ0v) is 12.4. The molecule has 1 fully saturated rings. The van der Waals surface area contributed by atoms with Gasteiger partial charge in [-0.25, -0.2) is 18.6 Å². The van der Waals surface area contributed by atoms with Crippen LogP contribution in [0.4, 0.5) is 19.4 Å². The Morgan fingerprint density at radius 3 is 2.75 bits per heavy atom. The van der Waals surface area contributed by atoms with Crippen molar-refractivity contribution in [2.75, 3.05) is 5.32 Å². The predicted molar refractivity (Wildman–Crippen MR) is 81.2 cm³/mol. The molecule has 7 heteroatoms. The predicted octanol–water partition coefficient (Wildman–Crippen LogP) is 2.69. The van der Waals surface area contributed by atoms with Gasteiger partial charge in [-0.1, -0.05) is 0 Å². The Morgan fingerprint density at radius 2 is 2.04 bits per heavy atom. The quantitative estimate of drug-likeness (QED) is 0.891. The molecule has 1 aromatic heterocycles. The highest BCUT2D eigenvalue weighted by atomic mass is 19.1. The molecule has 3 atom stereocenters. The second-order valence-electron chi connectivity index (χ2n) is 5.98. The lowest BCUT2D eigenvalue weighted by Gasteiger charge is -2.11. The molecule has 120 valence electrons. The normalized spacial score (nSPS) is 23.0. The fourth-order valence-corrected chi connectivity index (χ4v) is 3.47. The summed E-state index contributed by atoms with van der Waals surface area (Å²) in [6.45, 7) is 0. The monoisotopic (exact) mass is 326 g/mol. The largest absolute Gasteiger partial charge is 0.334 e. The molecular formula is C17H12F2N4O. The average molecular weight is 326 g/mol. The molecule has 2 N–H and O–H groups in total. The molecule has 2 aliphatic carbocycles. The number of urea groups is 1. The van der Waals surface area contributed by atoms with Crippen LogP contribution in [0, 0.1) is 28.9 Å². The van der Waals surface area contributed by atoms with Crippen molar-refractivity contribution in [3.63, 3.8) is 0 Å². The first-order valence-corrected chi connectivity index (χ1v) is 7.49. The van der Waals surface area contributed by atoms with Crippen LogP contribution in [-0.4, -0.2) is 17.1 Å². The minimum Gasteiger partial charge on any atom is -0.334 e. The number of fused-ring (bicyclic) bond motifs is 3. The van der Waals surface area contributed by atoms with E-state index in [2.05, 4.69) is 15.6 Å². The fraction of sp³-hybridized carbons (Fsp3) is 0.235. The molecule has 0 radical (unpaired) electrons. The Labute approximate surface area is 136 Å². The molecule has 2 amide bonds. The van der Waals surface area contributed by atoms with E-state index in [9.17, 15) is 13.6 Å². The summed E-state index contributed by atoms with van der Waals surface area (Å²) in [6, 6.07) is 6.63. The van der Waals surface area contributed by atoms with Crippen LogP contribution < -0.4 is 10.6 Å². The van der Waals surface area contributed by atoms with Gasteiger partial charge in [-0.3, -0.25) is 5.32 Å². The van der Waals surface area contributed by atoms with Gasteiger partial charge >= 0.3 is 6.03 Å². The van der Waals surface area contributed by atoms with Crippen molar-refractivity contribution in [1.82, 2.24) is 10.3 Å². The third kappa shape index (κ3) is 2.27. The van der Waals surface area contributed by atoms with E-state index >= 15 is 0 Å². The lowest BCUT2D eigenvalue weighted by molar-refractivity contribution is 0.251. The molecule has 5 nitrogen and oxygen atoms in total. The number of aromatic nitrogens is 1. The molecule has 2 aliphatic rings. The zero-order chi connectivity index (χ0) is 16.8. The number of nitrogens with zero attached hydrogens (tertiary/aromatic N) is 2. The van der Waals surface area contributed by atoms with Crippen molar-refractivity contribution in [2.24, 2.45) is 5.92 Å². The molecule has 0 spiro atoms. The lowest BCUT2D eigenvalue weighted by atomic mass is 10.0. The second kappa shape index (κ2) is 5.27. The third-order valence-corrected chi connectivity index (χ3v) is 4.62. The lowest BCUT2D eigenvalue weighted by Crippen LogP contribution is -2.33. The van der Waals surface area contributed by atoms with Gasteiger partial charge in [0.05, 0.1) is 5.56 Å². The van der Waals surface area contributed by atoms with Crippen LogP contribution in [-0.2, 0) is 6.42 Å². The van der Waals surface area contributed by atoms with Crippen molar-refractivity contribution in [3.05, 3.63) is 58.8 Å². The van der Waals surface area contributed by atoms with E-state index in [4.69, 9.17) is 5.26 Å². The van der Waals surface area contributed by atoms with Gasteiger partial charge in [0.2, 0.25) is 0 Å². The van der Waals surface area contributed by atoms with E-state index in [1.54, 1.807) is 6.07 Å². The van der Waals surface area contributed by atoms with Gasteiger partial charge in [0.15, 0.2) is 0 Å². The Hall–Kier alpha value is -3.01. The van der Waals surface area contributed by atoms with Gasteiger partial charge in [0, 0.05) is 18.2 Å². The molecule has 24 heavy (non-hydrogen) atoms. The molecule has 0 bridgehead atoms. The highest BCUT2D eigenvalue weighted by Gasteiger charge is 2.58. The topological polar surface area (TPSA) is 77.8 Å². The first-order chi connectivity index (χ1) is 11.6. The molecule has 0 aliphatic heterocycles. The minimum absolute atomic E-state index is 0.0334. The second-order valence-corrected chi connectivity index (χ2v) is 5.98. The van der Waals surface area contributed by atoms with E-state index in [0.717, 1.165) is 12.1 Å². The van der Waals surface area contributed by atoms with Gasteiger partial charge in [0.1, 0.15) is 23.5 Å². The maximum absolute atomic E-state index is 13.9. The number of halogens is 2. The summed E-state index contributed by atoms with van der Waals surface area (Å²) in [5, 5.41) is 14.0. The molecule has 2 aromatic rings. The van der Waals surface area contributed by atoms with Gasteiger partial charge in [-0.05, 0) is 47.7 Å². The standard InChI is InChI=1S/C17H12F2N4O/c18-11-2-3-12(19)14-9(11)5-10-15(14)16(10)23-17(24)22-13-4-1-8(6-20)7-21-13/h1-4,7,10,15-16H,5H2,(H2,21,22,23,24)/t10-,15-,16-/m1/s1. The summed E-state index contributed by atoms with van der Waals surface area (Å²) >= 11 is 0. The number of hydrogen-bond donors (Lipinski definition) is 2. The summed E-state index contributed by atoms with van der Waals surface area (Å²) in [7, 11) is 0. The molecule has 0 unspecified atom stereocenters. The molecule has 1 heterocycles. The van der Waals surface area contributed by atoms with Crippen LogP contribution in [0.1, 0.15) is 22.6 Å². The first-order valence-electron chi connectivity index (χ1n) is 7.49. The number of carbonyl (C=O) groups is 1. The van der Waals surface area contributed by atoms with Gasteiger partial charge in [-0.15, -0.1) is 0 Å². The Morgan fingerprint density at radius 1 is 1.25 bits per heavy atom. The number of amides is 2. The van der Waals surface area contributed by atoms with Crippen LogP contribution in [0.5, 0.6) is 0 Å². The molecular weight excluding hydrogens is 314 g/mol. The first kappa shape index (κ1) is 14.6.